The van der Waals surface area contributed by atoms with Crippen LogP contribution in [0.4, 0.5) is 0 Å². The van der Waals surface area contributed by atoms with E-state index in [0.29, 0.717) is 4.80 Å². The summed E-state index contributed by atoms with van der Waals surface area (Å²) >= 11 is 1.37. The molecule has 2 aromatic rings. The second kappa shape index (κ2) is 4.09. The van der Waals surface area contributed by atoms with Gasteiger partial charge in [0.15, 0.2) is 11.0 Å². The fourth-order valence-corrected chi connectivity index (χ4v) is 2.63. The van der Waals surface area contributed by atoms with Crippen molar-refractivity contribution in [3.05, 3.63) is 29.1 Å². The van der Waals surface area contributed by atoms with Crippen LogP contribution >= 0.6 is 11.3 Å². The minimum atomic E-state index is -0.443. The van der Waals surface area contributed by atoms with Crippen molar-refractivity contribution >= 4 is 27.5 Å². The molecule has 0 radical (unpaired) electrons. The number of para-hydroxylation sites is 1. The van der Waals surface area contributed by atoms with Gasteiger partial charge in [-0.25, -0.2) is 0 Å². The minimum absolute atomic E-state index is 0.338. The summed E-state index contributed by atoms with van der Waals surface area (Å²) in [6.45, 7) is 3.13. The third-order valence-electron chi connectivity index (χ3n) is 2.25. The van der Waals surface area contributed by atoms with Gasteiger partial charge in [0.1, 0.15) is 0 Å². The summed E-state index contributed by atoms with van der Waals surface area (Å²) < 4.78 is 7.82. The highest BCUT2D eigenvalue weighted by atomic mass is 32.1. The number of nitrogens with zero attached hydrogens (tertiary/aromatic N) is 1. The van der Waals surface area contributed by atoms with Crippen LogP contribution in [-0.2, 0) is 9.53 Å². The molecule has 0 saturated heterocycles. The lowest BCUT2D eigenvalue weighted by atomic mass is 10.3. The number of carbonyl (C=O) groups is 1. The highest BCUT2D eigenvalue weighted by molar-refractivity contribution is 7.16. The molecule has 1 atom stereocenters. The van der Waals surface area contributed by atoms with E-state index in [2.05, 4.69) is 0 Å². The average molecular weight is 236 g/mol. The molecule has 5 heteroatoms. The zero-order valence-electron chi connectivity index (χ0n) is 9.06. The van der Waals surface area contributed by atoms with Crippen LogP contribution in [0.2, 0.25) is 0 Å². The largest absolute Gasteiger partial charge is 0.442 e. The molecule has 1 N–H and O–H groups in total. The van der Waals surface area contributed by atoms with Gasteiger partial charge in [-0.1, -0.05) is 23.5 Å². The molecule has 0 aliphatic heterocycles. The predicted molar refractivity (Wildman–Crippen MR) is 62.1 cm³/mol. The Balaban J connectivity index is 2.55. The van der Waals surface area contributed by atoms with Gasteiger partial charge in [0, 0.05) is 6.92 Å². The fraction of sp³-hybridized carbons (Fsp3) is 0.273. The Morgan fingerprint density at radius 2 is 2.19 bits per heavy atom. The number of carbonyl (C=O) groups excluding carboxylic acids is 1. The van der Waals surface area contributed by atoms with Gasteiger partial charge in [-0.05, 0) is 19.1 Å². The van der Waals surface area contributed by atoms with E-state index in [4.69, 9.17) is 10.1 Å². The van der Waals surface area contributed by atoms with Crippen molar-refractivity contribution in [3.8, 4) is 0 Å². The molecule has 0 aliphatic carbocycles. The van der Waals surface area contributed by atoms with Gasteiger partial charge in [0.25, 0.3) is 0 Å². The molecule has 84 valence electrons. The highest BCUT2D eigenvalue weighted by Crippen LogP contribution is 2.20. The molecule has 0 aliphatic rings. The molecule has 0 spiro atoms. The van der Waals surface area contributed by atoms with Crippen molar-refractivity contribution in [2.45, 2.75) is 20.1 Å². The molecule has 1 aromatic heterocycles. The van der Waals surface area contributed by atoms with Crippen LogP contribution in [0.5, 0.6) is 0 Å². The van der Waals surface area contributed by atoms with Crippen LogP contribution in [0.1, 0.15) is 20.1 Å². The summed E-state index contributed by atoms with van der Waals surface area (Å²) in [6.07, 6.45) is -0.443. The number of ether oxygens (including phenoxy) is 1. The molecule has 0 fully saturated rings. The van der Waals surface area contributed by atoms with Gasteiger partial charge < -0.3 is 4.74 Å². The van der Waals surface area contributed by atoms with Gasteiger partial charge in [0.05, 0.1) is 10.2 Å². The number of fused-ring (bicyclic) bond motifs is 1. The quantitative estimate of drug-likeness (QED) is 0.813. The molecule has 16 heavy (non-hydrogen) atoms. The van der Waals surface area contributed by atoms with Gasteiger partial charge >= 0.3 is 5.97 Å². The van der Waals surface area contributed by atoms with Gasteiger partial charge in [0.2, 0.25) is 0 Å². The summed E-state index contributed by atoms with van der Waals surface area (Å²) in [5.74, 6) is -0.338. The maximum Gasteiger partial charge on any atom is 0.304 e. The molecule has 2 rings (SSSR count). The monoisotopic (exact) mass is 236 g/mol. The smallest absolute Gasteiger partial charge is 0.304 e. The topological polar surface area (TPSA) is 55.1 Å². The Morgan fingerprint density at radius 3 is 2.88 bits per heavy atom. The second-order valence-corrected chi connectivity index (χ2v) is 4.48. The molecular formula is C11H12N2O2S. The number of benzene rings is 1. The zero-order valence-corrected chi connectivity index (χ0v) is 9.88. The first kappa shape index (κ1) is 10.9. The number of hydrogen-bond acceptors (Lipinski definition) is 4. The molecule has 1 aromatic carbocycles. The minimum Gasteiger partial charge on any atom is -0.442 e. The number of rotatable bonds is 2. The lowest BCUT2D eigenvalue weighted by molar-refractivity contribution is -0.149. The van der Waals surface area contributed by atoms with Gasteiger partial charge in [-0.2, -0.15) is 0 Å². The van der Waals surface area contributed by atoms with E-state index < -0.39 is 6.23 Å². The lowest BCUT2D eigenvalue weighted by Crippen LogP contribution is -2.21. The summed E-state index contributed by atoms with van der Waals surface area (Å²) in [4.78, 5) is 11.3. The number of thiazole rings is 1. The summed E-state index contributed by atoms with van der Waals surface area (Å²) in [7, 11) is 0. The lowest BCUT2D eigenvalue weighted by Gasteiger charge is -2.14. The van der Waals surface area contributed by atoms with E-state index >= 15 is 0 Å². The Bertz CT molecular complexity index is 585. The molecule has 0 saturated carbocycles. The molecule has 1 heterocycles. The Labute approximate surface area is 96.6 Å². The zero-order chi connectivity index (χ0) is 11.7. The molecular weight excluding hydrogens is 224 g/mol. The number of esters is 1. The van der Waals surface area contributed by atoms with Crippen LogP contribution in [0.15, 0.2) is 24.3 Å². The molecule has 0 amide bonds. The summed E-state index contributed by atoms with van der Waals surface area (Å²) in [6, 6.07) is 7.71. The highest BCUT2D eigenvalue weighted by Gasteiger charge is 2.13. The SMILES string of the molecule is CC(=O)OC(C)n1c(=N)sc2ccccc21. The van der Waals surface area contributed by atoms with E-state index in [1.807, 2.05) is 24.3 Å². The van der Waals surface area contributed by atoms with Crippen LogP contribution in [0, 0.1) is 5.41 Å². The third-order valence-corrected chi connectivity index (χ3v) is 3.21. The first-order chi connectivity index (χ1) is 7.59. The van der Waals surface area contributed by atoms with Crippen molar-refractivity contribution in [2.24, 2.45) is 0 Å². The first-order valence-electron chi connectivity index (χ1n) is 4.91. The van der Waals surface area contributed by atoms with Crippen LogP contribution in [0.25, 0.3) is 10.2 Å². The Hall–Kier alpha value is -1.62. The van der Waals surface area contributed by atoms with E-state index in [-0.39, 0.29) is 5.97 Å². The van der Waals surface area contributed by atoms with Crippen molar-refractivity contribution in [1.29, 1.82) is 5.41 Å². The van der Waals surface area contributed by atoms with Gasteiger partial charge in [-0.3, -0.25) is 14.8 Å². The number of nitrogens with one attached hydrogen (secondary N) is 1. The summed E-state index contributed by atoms with van der Waals surface area (Å²) in [5, 5.41) is 7.86. The maximum atomic E-state index is 10.9. The number of hydrogen-bond donors (Lipinski definition) is 1. The van der Waals surface area contributed by atoms with E-state index in [1.165, 1.54) is 18.3 Å². The normalized spacial score (nSPS) is 12.6. The van der Waals surface area contributed by atoms with Crippen molar-refractivity contribution in [2.75, 3.05) is 0 Å². The predicted octanol–water partition coefficient (Wildman–Crippen LogP) is 2.26. The summed E-state index contributed by atoms with van der Waals surface area (Å²) in [5.41, 5.74) is 0.922. The maximum absolute atomic E-state index is 10.9. The standard InChI is InChI=1S/C11H12N2O2S/c1-7(15-8(2)14)13-9-5-3-4-6-10(9)16-11(13)12/h3-7,12H,1-2H3. The Kier molecular flexibility index (Phi) is 2.78. The van der Waals surface area contributed by atoms with Crippen LogP contribution < -0.4 is 4.80 Å². The Morgan fingerprint density at radius 1 is 1.50 bits per heavy atom. The first-order valence-corrected chi connectivity index (χ1v) is 5.73. The van der Waals surface area contributed by atoms with E-state index in [9.17, 15) is 4.79 Å². The molecule has 0 bridgehead atoms. The molecule has 4 nitrogen and oxygen atoms in total. The molecule has 1 unspecified atom stereocenters. The van der Waals surface area contributed by atoms with Crippen molar-refractivity contribution in [1.82, 2.24) is 4.57 Å². The van der Waals surface area contributed by atoms with E-state index in [1.54, 1.807) is 11.5 Å². The van der Waals surface area contributed by atoms with Crippen LogP contribution in [-0.4, -0.2) is 10.5 Å². The fourth-order valence-electron chi connectivity index (χ4n) is 1.66. The van der Waals surface area contributed by atoms with Gasteiger partial charge in [-0.15, -0.1) is 0 Å². The van der Waals surface area contributed by atoms with Crippen LogP contribution in [0.3, 0.4) is 0 Å². The number of aromatic nitrogens is 1. The second-order valence-electron chi connectivity index (χ2n) is 3.45. The van der Waals surface area contributed by atoms with Crippen molar-refractivity contribution in [3.63, 3.8) is 0 Å². The van der Waals surface area contributed by atoms with E-state index in [0.717, 1.165) is 10.2 Å². The van der Waals surface area contributed by atoms with Crippen molar-refractivity contribution < 1.29 is 9.53 Å². The third kappa shape index (κ3) is 1.86. The average Bonchev–Trinajstić information content (AvgIpc) is 2.52.